The van der Waals surface area contributed by atoms with E-state index in [9.17, 15) is 18.0 Å². The highest BCUT2D eigenvalue weighted by Crippen LogP contribution is 2.31. The monoisotopic (exact) mass is 498 g/mol. The molecule has 2 N–H and O–H groups in total. The van der Waals surface area contributed by atoms with E-state index >= 15 is 0 Å². The molecule has 2 aromatic carbocycles. The fourth-order valence-corrected chi connectivity index (χ4v) is 5.16. The van der Waals surface area contributed by atoms with Crippen molar-refractivity contribution >= 4 is 39.6 Å². The first-order valence-electron chi connectivity index (χ1n) is 10.2. The van der Waals surface area contributed by atoms with Gasteiger partial charge in [-0.15, -0.1) is 11.3 Å². The highest BCUT2D eigenvalue weighted by atomic mass is 32.1. The summed E-state index contributed by atoms with van der Waals surface area (Å²) in [6.45, 7) is 0. The van der Waals surface area contributed by atoms with Gasteiger partial charge < -0.3 is 10.3 Å². The molecule has 0 saturated heterocycles. The van der Waals surface area contributed by atoms with E-state index in [2.05, 4.69) is 20.3 Å². The number of imidazole rings is 1. The van der Waals surface area contributed by atoms with E-state index in [4.69, 9.17) is 0 Å². The Hall–Kier alpha value is -3.50. The Labute approximate surface area is 200 Å². The molecule has 0 spiro atoms. The second kappa shape index (κ2) is 9.03. The van der Waals surface area contributed by atoms with Crippen molar-refractivity contribution < 1.29 is 18.0 Å². The summed E-state index contributed by atoms with van der Waals surface area (Å²) in [5, 5.41) is 9.71. The van der Waals surface area contributed by atoms with Gasteiger partial charge in [0.1, 0.15) is 5.01 Å². The number of H-pyrrole nitrogens is 1. The van der Waals surface area contributed by atoms with E-state index in [1.54, 1.807) is 23.5 Å². The first-order chi connectivity index (χ1) is 16.4. The number of amides is 1. The SMILES string of the molecule is O=C(Cc1csc(-c2ccsc2)n1)NC(c1ccccc1)c1ccc2nc(C(F)(F)F)[nH]c2c1. The topological polar surface area (TPSA) is 70.7 Å². The molecule has 172 valence electrons. The number of aromatic nitrogens is 3. The number of thiophene rings is 1. The van der Waals surface area contributed by atoms with Crippen LogP contribution in [0.5, 0.6) is 0 Å². The summed E-state index contributed by atoms with van der Waals surface area (Å²) in [5.74, 6) is -1.29. The van der Waals surface area contributed by atoms with Gasteiger partial charge in [-0.1, -0.05) is 36.4 Å². The molecule has 10 heteroatoms. The third kappa shape index (κ3) is 4.73. The molecule has 5 rings (SSSR count). The lowest BCUT2D eigenvalue weighted by Crippen LogP contribution is -2.30. The van der Waals surface area contributed by atoms with E-state index in [0.717, 1.165) is 16.1 Å². The molecule has 3 heterocycles. The summed E-state index contributed by atoms with van der Waals surface area (Å²) in [6.07, 6.45) is -4.48. The van der Waals surface area contributed by atoms with Crippen molar-refractivity contribution in [1.82, 2.24) is 20.3 Å². The van der Waals surface area contributed by atoms with Crippen LogP contribution in [0.4, 0.5) is 13.2 Å². The first kappa shape index (κ1) is 22.3. The van der Waals surface area contributed by atoms with Crippen molar-refractivity contribution in [2.75, 3.05) is 0 Å². The number of benzene rings is 2. The van der Waals surface area contributed by atoms with Gasteiger partial charge in [-0.05, 0) is 34.7 Å². The molecule has 0 aliphatic heterocycles. The van der Waals surface area contributed by atoms with Crippen LogP contribution in [0.3, 0.4) is 0 Å². The van der Waals surface area contributed by atoms with E-state index in [1.165, 1.54) is 17.4 Å². The number of alkyl halides is 3. The molecule has 0 saturated carbocycles. The Morgan fingerprint density at radius 1 is 1.03 bits per heavy atom. The third-order valence-electron chi connectivity index (χ3n) is 5.21. The maximum atomic E-state index is 13.1. The lowest BCUT2D eigenvalue weighted by molar-refractivity contribution is -0.144. The van der Waals surface area contributed by atoms with Crippen LogP contribution in [-0.2, 0) is 17.4 Å². The minimum atomic E-state index is -4.57. The number of rotatable bonds is 6. The summed E-state index contributed by atoms with van der Waals surface area (Å²) in [7, 11) is 0. The van der Waals surface area contributed by atoms with Gasteiger partial charge in [-0.25, -0.2) is 9.97 Å². The van der Waals surface area contributed by atoms with Gasteiger partial charge in [0, 0.05) is 16.3 Å². The summed E-state index contributed by atoms with van der Waals surface area (Å²) in [5.41, 5.74) is 3.59. The number of aromatic amines is 1. The number of hydrogen-bond donors (Lipinski definition) is 2. The number of carbonyl (C=O) groups is 1. The second-order valence-corrected chi connectivity index (χ2v) is 9.24. The lowest BCUT2D eigenvalue weighted by atomic mass is 9.98. The summed E-state index contributed by atoms with van der Waals surface area (Å²) >= 11 is 3.06. The molecule has 0 fully saturated rings. The lowest BCUT2D eigenvalue weighted by Gasteiger charge is -2.20. The normalized spacial score (nSPS) is 12.7. The Kier molecular flexibility index (Phi) is 5.93. The molecule has 0 aliphatic rings. The zero-order valence-electron chi connectivity index (χ0n) is 17.5. The summed E-state index contributed by atoms with van der Waals surface area (Å²) < 4.78 is 39.2. The minimum Gasteiger partial charge on any atom is -0.345 e. The number of hydrogen-bond acceptors (Lipinski definition) is 5. The number of fused-ring (bicyclic) bond motifs is 1. The van der Waals surface area contributed by atoms with Crippen LogP contribution in [0, 0.1) is 0 Å². The van der Waals surface area contributed by atoms with Crippen LogP contribution >= 0.6 is 22.7 Å². The Bertz CT molecular complexity index is 1430. The number of nitrogens with zero attached hydrogens (tertiary/aromatic N) is 2. The molecule has 1 atom stereocenters. The van der Waals surface area contributed by atoms with Crippen molar-refractivity contribution in [1.29, 1.82) is 0 Å². The first-order valence-corrected chi connectivity index (χ1v) is 12.1. The van der Waals surface area contributed by atoms with E-state index in [-0.39, 0.29) is 23.4 Å². The van der Waals surface area contributed by atoms with Crippen LogP contribution in [-0.4, -0.2) is 20.9 Å². The van der Waals surface area contributed by atoms with E-state index in [0.29, 0.717) is 11.3 Å². The van der Waals surface area contributed by atoms with Crippen LogP contribution in [0.15, 0.2) is 70.7 Å². The standard InChI is InChI=1S/C24H17F3N4OS2/c25-24(26,27)23-29-18-7-6-15(10-19(18)30-23)21(14-4-2-1-3-5-14)31-20(32)11-17-13-34-22(28-17)16-8-9-33-12-16/h1-10,12-13,21H,11H2,(H,29,30)(H,31,32). The quantitative estimate of drug-likeness (QED) is 0.292. The maximum absolute atomic E-state index is 13.1. The molecular formula is C24H17F3N4OS2. The molecule has 0 radical (unpaired) electrons. The van der Waals surface area contributed by atoms with Crippen LogP contribution in [0.2, 0.25) is 0 Å². The maximum Gasteiger partial charge on any atom is 0.449 e. The zero-order chi connectivity index (χ0) is 23.7. The molecular weight excluding hydrogens is 481 g/mol. The second-order valence-electron chi connectivity index (χ2n) is 7.60. The Morgan fingerprint density at radius 3 is 2.59 bits per heavy atom. The Morgan fingerprint density at radius 2 is 1.85 bits per heavy atom. The predicted molar refractivity (Wildman–Crippen MR) is 127 cm³/mol. The average molecular weight is 499 g/mol. The minimum absolute atomic E-state index is 0.0918. The fraction of sp³-hybridized carbons (Fsp3) is 0.125. The molecule has 5 nitrogen and oxygen atoms in total. The van der Waals surface area contributed by atoms with Crippen LogP contribution in [0.25, 0.3) is 21.6 Å². The van der Waals surface area contributed by atoms with Crippen molar-refractivity contribution in [3.8, 4) is 10.6 Å². The predicted octanol–water partition coefficient (Wildman–Crippen LogP) is 6.22. The summed E-state index contributed by atoms with van der Waals surface area (Å²) in [6, 6.07) is 15.5. The van der Waals surface area contributed by atoms with Crippen molar-refractivity contribution in [2.24, 2.45) is 0 Å². The van der Waals surface area contributed by atoms with Crippen molar-refractivity contribution in [3.63, 3.8) is 0 Å². The van der Waals surface area contributed by atoms with Gasteiger partial charge in [0.25, 0.3) is 0 Å². The van der Waals surface area contributed by atoms with Crippen LogP contribution < -0.4 is 5.32 Å². The number of nitrogens with one attached hydrogen (secondary N) is 2. The van der Waals surface area contributed by atoms with Crippen molar-refractivity contribution in [3.05, 3.63) is 93.4 Å². The van der Waals surface area contributed by atoms with Gasteiger partial charge in [-0.2, -0.15) is 24.5 Å². The Balaban J connectivity index is 1.41. The third-order valence-corrected chi connectivity index (χ3v) is 6.83. The molecule has 1 unspecified atom stereocenters. The van der Waals surface area contributed by atoms with Gasteiger partial charge in [-0.3, -0.25) is 4.79 Å². The van der Waals surface area contributed by atoms with E-state index in [1.807, 2.05) is 52.5 Å². The number of carbonyl (C=O) groups excluding carboxylic acids is 1. The smallest absolute Gasteiger partial charge is 0.345 e. The molecule has 3 aromatic heterocycles. The van der Waals surface area contributed by atoms with Gasteiger partial charge in [0.15, 0.2) is 0 Å². The fourth-order valence-electron chi connectivity index (χ4n) is 3.63. The summed E-state index contributed by atoms with van der Waals surface area (Å²) in [4.78, 5) is 23.5. The van der Waals surface area contributed by atoms with Gasteiger partial charge in [0.2, 0.25) is 11.7 Å². The van der Waals surface area contributed by atoms with Crippen molar-refractivity contribution in [2.45, 2.75) is 18.6 Å². The molecule has 34 heavy (non-hydrogen) atoms. The van der Waals surface area contributed by atoms with Crippen LogP contribution in [0.1, 0.15) is 28.7 Å². The molecule has 5 aromatic rings. The van der Waals surface area contributed by atoms with E-state index < -0.39 is 18.0 Å². The van der Waals surface area contributed by atoms with Gasteiger partial charge in [0.05, 0.1) is 29.2 Å². The zero-order valence-corrected chi connectivity index (χ0v) is 19.1. The number of halogens is 3. The molecule has 1 amide bonds. The van der Waals surface area contributed by atoms with Gasteiger partial charge >= 0.3 is 6.18 Å². The highest BCUT2D eigenvalue weighted by Gasteiger charge is 2.34. The molecule has 0 aliphatic carbocycles. The average Bonchev–Trinajstić information content (AvgIpc) is 3.57. The molecule has 0 bridgehead atoms. The number of thiazole rings is 1. The highest BCUT2D eigenvalue weighted by molar-refractivity contribution is 7.14. The largest absolute Gasteiger partial charge is 0.449 e.